The second kappa shape index (κ2) is 9.24. The number of nitrogens with two attached hydrogens (primary N) is 1. The number of aryl methyl sites for hydroxylation is 1. The first-order chi connectivity index (χ1) is 13.1. The molecule has 0 unspecified atom stereocenters. The minimum Gasteiger partial charge on any atom is -0.493 e. The molecule has 1 atom stereocenters. The highest BCUT2D eigenvalue weighted by molar-refractivity contribution is 7.10. The van der Waals surface area contributed by atoms with Crippen LogP contribution in [0.2, 0.25) is 0 Å². The number of methoxy groups -OCH3 is 1. The Morgan fingerprint density at radius 2 is 2.11 bits per heavy atom. The molecule has 1 saturated heterocycles. The molecule has 0 radical (unpaired) electrons. The Bertz CT molecular complexity index is 775. The highest BCUT2D eigenvalue weighted by Gasteiger charge is 2.25. The van der Waals surface area contributed by atoms with Gasteiger partial charge in [0.15, 0.2) is 18.1 Å². The summed E-state index contributed by atoms with van der Waals surface area (Å²) in [5, 5.41) is 2.20. The monoisotopic (exact) mass is 388 g/mol. The summed E-state index contributed by atoms with van der Waals surface area (Å²) in [5.74, 6) is 0.675. The van der Waals surface area contributed by atoms with Crippen molar-refractivity contribution in [2.75, 3.05) is 20.3 Å². The van der Waals surface area contributed by atoms with Gasteiger partial charge in [0.25, 0.3) is 5.91 Å². The van der Waals surface area contributed by atoms with Crippen LogP contribution in [0, 0.1) is 6.92 Å². The number of hydrogen-bond donors (Lipinski definition) is 1. The van der Waals surface area contributed by atoms with Gasteiger partial charge in [0.2, 0.25) is 0 Å². The summed E-state index contributed by atoms with van der Waals surface area (Å²) in [7, 11) is 1.61. The van der Waals surface area contributed by atoms with E-state index >= 15 is 0 Å². The van der Waals surface area contributed by atoms with Gasteiger partial charge in [-0.1, -0.05) is 18.9 Å². The summed E-state index contributed by atoms with van der Waals surface area (Å²) >= 11 is 1.87. The Morgan fingerprint density at radius 1 is 1.26 bits per heavy atom. The van der Waals surface area contributed by atoms with Gasteiger partial charge in [-0.25, -0.2) is 0 Å². The number of benzene rings is 1. The van der Waals surface area contributed by atoms with Crippen LogP contribution in [0.25, 0.3) is 0 Å². The lowest BCUT2D eigenvalue weighted by atomic mass is 10.0. The van der Waals surface area contributed by atoms with Crippen molar-refractivity contribution in [1.29, 1.82) is 0 Å². The van der Waals surface area contributed by atoms with Crippen molar-refractivity contribution in [3.05, 3.63) is 45.6 Å². The molecule has 2 N–H and O–H groups in total. The molecule has 1 aliphatic rings. The summed E-state index contributed by atoms with van der Waals surface area (Å²) < 4.78 is 10.9. The summed E-state index contributed by atoms with van der Waals surface area (Å²) in [6.07, 6.45) is 5.01. The number of thiophene rings is 1. The van der Waals surface area contributed by atoms with Crippen molar-refractivity contribution in [2.45, 2.75) is 45.2 Å². The number of rotatable bonds is 7. The van der Waals surface area contributed by atoms with Crippen molar-refractivity contribution in [1.82, 2.24) is 4.90 Å². The van der Waals surface area contributed by atoms with E-state index in [0.717, 1.165) is 13.1 Å². The predicted octanol–water partition coefficient (Wildman–Crippen LogP) is 4.05. The molecule has 2 aromatic rings. The average molecular weight is 389 g/mol. The Labute approximate surface area is 165 Å². The number of likely N-dealkylation sites (tertiary alicyclic amines) is 1. The van der Waals surface area contributed by atoms with E-state index < -0.39 is 5.91 Å². The molecule has 3 rings (SSSR count). The van der Waals surface area contributed by atoms with Gasteiger partial charge < -0.3 is 15.2 Å². The van der Waals surface area contributed by atoms with Gasteiger partial charge >= 0.3 is 0 Å². The number of carbonyl (C=O) groups excluding carboxylic acids is 1. The smallest absolute Gasteiger partial charge is 0.255 e. The molecular weight excluding hydrogens is 360 g/mol. The quantitative estimate of drug-likeness (QED) is 0.777. The number of nitrogens with zero attached hydrogens (tertiary/aromatic N) is 1. The largest absolute Gasteiger partial charge is 0.493 e. The topological polar surface area (TPSA) is 64.8 Å². The lowest BCUT2D eigenvalue weighted by Gasteiger charge is -2.30. The van der Waals surface area contributed by atoms with E-state index in [1.165, 1.54) is 41.7 Å². The fourth-order valence-electron chi connectivity index (χ4n) is 3.69. The van der Waals surface area contributed by atoms with Crippen molar-refractivity contribution >= 4 is 17.2 Å². The first-order valence-electron chi connectivity index (χ1n) is 9.44. The molecule has 0 spiro atoms. The van der Waals surface area contributed by atoms with Gasteiger partial charge in [0, 0.05) is 17.5 Å². The Hall–Kier alpha value is -2.05. The first kappa shape index (κ1) is 19.7. The fourth-order valence-corrected chi connectivity index (χ4v) is 4.79. The third-order valence-corrected chi connectivity index (χ3v) is 6.17. The molecule has 1 aromatic carbocycles. The zero-order chi connectivity index (χ0) is 19.2. The van der Waals surface area contributed by atoms with Gasteiger partial charge in [-0.15, -0.1) is 11.3 Å². The van der Waals surface area contributed by atoms with Gasteiger partial charge in [-0.3, -0.25) is 9.69 Å². The number of primary amides is 1. The molecule has 1 amide bonds. The van der Waals surface area contributed by atoms with Crippen LogP contribution in [0.1, 0.15) is 47.7 Å². The van der Waals surface area contributed by atoms with Crippen LogP contribution in [-0.2, 0) is 11.3 Å². The summed E-state index contributed by atoms with van der Waals surface area (Å²) in [4.78, 5) is 15.0. The SMILES string of the molecule is COc1cc(CN2CCCCC[C@@H]2c2sccc2C)ccc1OCC(N)=O. The number of ether oxygens (including phenoxy) is 2. The highest BCUT2D eigenvalue weighted by atomic mass is 32.1. The van der Waals surface area contributed by atoms with Crippen LogP contribution in [0.5, 0.6) is 11.5 Å². The van der Waals surface area contributed by atoms with Gasteiger partial charge in [-0.2, -0.15) is 0 Å². The normalized spacial score (nSPS) is 18.1. The highest BCUT2D eigenvalue weighted by Crippen LogP contribution is 2.37. The van der Waals surface area contributed by atoms with Crippen molar-refractivity contribution in [3.63, 3.8) is 0 Å². The summed E-state index contributed by atoms with van der Waals surface area (Å²) in [6, 6.07) is 8.60. The van der Waals surface area contributed by atoms with Crippen molar-refractivity contribution in [2.24, 2.45) is 5.73 Å². The second-order valence-corrected chi connectivity index (χ2v) is 7.99. The van der Waals surface area contributed by atoms with Crippen LogP contribution in [-0.4, -0.2) is 31.1 Å². The predicted molar refractivity (Wildman–Crippen MR) is 108 cm³/mol. The van der Waals surface area contributed by atoms with E-state index in [9.17, 15) is 4.79 Å². The minimum atomic E-state index is -0.500. The number of amides is 1. The molecule has 1 aromatic heterocycles. The summed E-state index contributed by atoms with van der Waals surface area (Å²) in [5.41, 5.74) is 7.74. The molecule has 0 saturated carbocycles. The van der Waals surface area contributed by atoms with Crippen LogP contribution >= 0.6 is 11.3 Å². The first-order valence-corrected chi connectivity index (χ1v) is 10.3. The number of carbonyl (C=O) groups is 1. The second-order valence-electron chi connectivity index (χ2n) is 7.04. The van der Waals surface area contributed by atoms with E-state index in [-0.39, 0.29) is 6.61 Å². The Morgan fingerprint density at radius 3 is 2.81 bits per heavy atom. The lowest BCUT2D eigenvalue weighted by Crippen LogP contribution is -2.28. The molecule has 27 heavy (non-hydrogen) atoms. The van der Waals surface area contributed by atoms with Crippen LogP contribution in [0.4, 0.5) is 0 Å². The zero-order valence-electron chi connectivity index (χ0n) is 16.1. The summed E-state index contributed by atoms with van der Waals surface area (Å²) in [6.45, 7) is 4.03. The van der Waals surface area contributed by atoms with Crippen molar-refractivity contribution in [3.8, 4) is 11.5 Å². The molecule has 146 valence electrons. The Kier molecular flexibility index (Phi) is 6.74. The lowest BCUT2D eigenvalue weighted by molar-refractivity contribution is -0.119. The molecule has 0 aliphatic carbocycles. The molecule has 1 fully saturated rings. The molecule has 6 heteroatoms. The molecule has 5 nitrogen and oxygen atoms in total. The van der Waals surface area contributed by atoms with E-state index in [1.807, 2.05) is 29.5 Å². The van der Waals surface area contributed by atoms with Gasteiger partial charge in [0.05, 0.1) is 7.11 Å². The fraction of sp³-hybridized carbons (Fsp3) is 0.476. The van der Waals surface area contributed by atoms with Gasteiger partial charge in [0.1, 0.15) is 0 Å². The number of hydrogen-bond acceptors (Lipinski definition) is 5. The maximum atomic E-state index is 11.0. The van der Waals surface area contributed by atoms with E-state index in [4.69, 9.17) is 15.2 Å². The zero-order valence-corrected chi connectivity index (χ0v) is 16.9. The van der Waals surface area contributed by atoms with E-state index in [0.29, 0.717) is 17.5 Å². The van der Waals surface area contributed by atoms with Crippen LogP contribution in [0.15, 0.2) is 29.6 Å². The minimum absolute atomic E-state index is 0.151. The standard InChI is InChI=1S/C21H28N2O3S/c1-15-9-11-27-21(15)17-6-4-3-5-10-23(17)13-16-7-8-18(19(12-16)25-2)26-14-20(22)24/h7-9,11-12,17H,3-6,10,13-14H2,1-2H3,(H2,22,24)/t17-/m1/s1. The maximum absolute atomic E-state index is 11.0. The van der Waals surface area contributed by atoms with Crippen LogP contribution < -0.4 is 15.2 Å². The van der Waals surface area contributed by atoms with Crippen LogP contribution in [0.3, 0.4) is 0 Å². The Balaban J connectivity index is 1.79. The third kappa shape index (κ3) is 5.02. The van der Waals surface area contributed by atoms with E-state index in [1.54, 1.807) is 7.11 Å². The molecular formula is C21H28N2O3S. The third-order valence-electron chi connectivity index (χ3n) is 5.05. The molecule has 0 bridgehead atoms. The maximum Gasteiger partial charge on any atom is 0.255 e. The molecule has 2 heterocycles. The van der Waals surface area contributed by atoms with E-state index in [2.05, 4.69) is 23.3 Å². The molecule has 1 aliphatic heterocycles. The van der Waals surface area contributed by atoms with Crippen molar-refractivity contribution < 1.29 is 14.3 Å². The van der Waals surface area contributed by atoms with Gasteiger partial charge in [-0.05, 0) is 61.0 Å². The average Bonchev–Trinajstić information content (AvgIpc) is 2.95.